The van der Waals surface area contributed by atoms with Gasteiger partial charge in [0.1, 0.15) is 5.82 Å². The van der Waals surface area contributed by atoms with Crippen molar-refractivity contribution >= 4 is 27.0 Å². The zero-order chi connectivity index (χ0) is 16.1. The van der Waals surface area contributed by atoms with Crippen LogP contribution in [0.5, 0.6) is 0 Å². The highest BCUT2D eigenvalue weighted by Crippen LogP contribution is 2.26. The van der Waals surface area contributed by atoms with Crippen molar-refractivity contribution in [3.8, 4) is 11.4 Å². The number of nitrogens with zero attached hydrogens (tertiary/aromatic N) is 2. The summed E-state index contributed by atoms with van der Waals surface area (Å²) in [5, 5.41) is 0. The Morgan fingerprint density at radius 2 is 1.65 bits per heavy atom. The van der Waals surface area contributed by atoms with E-state index in [0.29, 0.717) is 0 Å². The number of unbranched alkanes of at least 4 members (excludes halogenated alkanes) is 4. The highest BCUT2D eigenvalue weighted by Gasteiger charge is 2.11. The molecule has 0 bridgehead atoms. The van der Waals surface area contributed by atoms with Gasteiger partial charge in [0.2, 0.25) is 0 Å². The third-order valence-electron chi connectivity index (χ3n) is 4.24. The lowest BCUT2D eigenvalue weighted by Crippen LogP contribution is -2.01. The first-order valence-corrected chi connectivity index (χ1v) is 9.30. The predicted molar refractivity (Wildman–Crippen MR) is 102 cm³/mol. The van der Waals surface area contributed by atoms with Crippen LogP contribution < -0.4 is 0 Å². The highest BCUT2D eigenvalue weighted by molar-refractivity contribution is 9.10. The van der Waals surface area contributed by atoms with Crippen molar-refractivity contribution in [3.05, 3.63) is 53.0 Å². The Morgan fingerprint density at radius 1 is 0.913 bits per heavy atom. The zero-order valence-corrected chi connectivity index (χ0v) is 15.2. The van der Waals surface area contributed by atoms with Gasteiger partial charge >= 0.3 is 0 Å². The number of fused-ring (bicyclic) bond motifs is 1. The van der Waals surface area contributed by atoms with Gasteiger partial charge in [-0.05, 0) is 30.7 Å². The molecule has 3 heteroatoms. The fourth-order valence-corrected chi connectivity index (χ4v) is 3.26. The molecule has 2 nitrogen and oxygen atoms in total. The third-order valence-corrected chi connectivity index (χ3v) is 4.77. The molecule has 0 unspecified atom stereocenters. The molecule has 0 fully saturated rings. The van der Waals surface area contributed by atoms with Crippen molar-refractivity contribution in [2.75, 3.05) is 0 Å². The van der Waals surface area contributed by atoms with Crippen LogP contribution in [0.25, 0.3) is 22.4 Å². The van der Waals surface area contributed by atoms with Crippen LogP contribution in [0.1, 0.15) is 39.0 Å². The smallest absolute Gasteiger partial charge is 0.141 e. The molecule has 0 saturated carbocycles. The predicted octanol–water partition coefficient (Wildman–Crippen LogP) is 6.44. The van der Waals surface area contributed by atoms with Gasteiger partial charge in [-0.1, -0.05) is 72.8 Å². The van der Waals surface area contributed by atoms with Crippen molar-refractivity contribution in [2.45, 2.75) is 45.6 Å². The number of rotatable bonds is 7. The molecule has 0 N–H and O–H groups in total. The number of para-hydroxylation sites is 2. The van der Waals surface area contributed by atoms with E-state index in [1.807, 2.05) is 0 Å². The van der Waals surface area contributed by atoms with Crippen LogP contribution in [0.4, 0.5) is 0 Å². The first-order valence-electron chi connectivity index (χ1n) is 8.51. The Balaban J connectivity index is 1.90. The lowest BCUT2D eigenvalue weighted by molar-refractivity contribution is 0.578. The molecule has 3 rings (SSSR count). The van der Waals surface area contributed by atoms with Crippen molar-refractivity contribution in [1.29, 1.82) is 0 Å². The Bertz CT molecular complexity index is 759. The van der Waals surface area contributed by atoms with Gasteiger partial charge in [-0.25, -0.2) is 4.98 Å². The minimum absolute atomic E-state index is 1.04. The van der Waals surface area contributed by atoms with Crippen LogP contribution in [-0.4, -0.2) is 9.55 Å². The van der Waals surface area contributed by atoms with Crippen LogP contribution in [0.3, 0.4) is 0 Å². The molecule has 2 aromatic carbocycles. The highest BCUT2D eigenvalue weighted by atomic mass is 79.9. The van der Waals surface area contributed by atoms with Gasteiger partial charge in [-0.15, -0.1) is 0 Å². The molecule has 120 valence electrons. The number of aryl methyl sites for hydroxylation is 1. The summed E-state index contributed by atoms with van der Waals surface area (Å²) in [5.41, 5.74) is 3.50. The fourth-order valence-electron chi connectivity index (χ4n) is 2.99. The van der Waals surface area contributed by atoms with Crippen LogP contribution >= 0.6 is 15.9 Å². The second-order valence-electron chi connectivity index (χ2n) is 6.00. The van der Waals surface area contributed by atoms with E-state index in [0.717, 1.165) is 22.4 Å². The number of imidazole rings is 1. The molecule has 0 aliphatic carbocycles. The van der Waals surface area contributed by atoms with E-state index in [-0.39, 0.29) is 0 Å². The Labute approximate surface area is 146 Å². The van der Waals surface area contributed by atoms with E-state index in [9.17, 15) is 0 Å². The van der Waals surface area contributed by atoms with E-state index in [1.165, 1.54) is 43.2 Å². The average molecular weight is 371 g/mol. The van der Waals surface area contributed by atoms with E-state index >= 15 is 0 Å². The maximum Gasteiger partial charge on any atom is 0.141 e. The third kappa shape index (κ3) is 3.84. The second kappa shape index (κ2) is 7.78. The number of aromatic nitrogens is 2. The maximum absolute atomic E-state index is 4.88. The SMILES string of the molecule is CCCCCCCn1c(-c2ccc(Br)cc2)nc2ccccc21. The summed E-state index contributed by atoms with van der Waals surface area (Å²) in [7, 11) is 0. The largest absolute Gasteiger partial charge is 0.324 e. The molecular weight excluding hydrogens is 348 g/mol. The molecule has 3 aromatic rings. The van der Waals surface area contributed by atoms with Crippen LogP contribution in [0, 0.1) is 0 Å². The molecule has 1 aromatic heterocycles. The lowest BCUT2D eigenvalue weighted by atomic mass is 10.1. The first kappa shape index (κ1) is 16.3. The van der Waals surface area contributed by atoms with Crippen molar-refractivity contribution < 1.29 is 0 Å². The summed E-state index contributed by atoms with van der Waals surface area (Å²) < 4.78 is 3.48. The van der Waals surface area contributed by atoms with Gasteiger partial charge in [-0.2, -0.15) is 0 Å². The van der Waals surface area contributed by atoms with E-state index in [4.69, 9.17) is 4.98 Å². The zero-order valence-electron chi connectivity index (χ0n) is 13.6. The van der Waals surface area contributed by atoms with E-state index < -0.39 is 0 Å². The first-order chi connectivity index (χ1) is 11.3. The van der Waals surface area contributed by atoms with Crippen LogP contribution in [0.2, 0.25) is 0 Å². The molecule has 0 saturated heterocycles. The fraction of sp³-hybridized carbons (Fsp3) is 0.350. The van der Waals surface area contributed by atoms with Gasteiger partial charge < -0.3 is 4.57 Å². The normalized spacial score (nSPS) is 11.2. The van der Waals surface area contributed by atoms with Gasteiger partial charge in [0.15, 0.2) is 0 Å². The molecule has 0 amide bonds. The molecule has 0 atom stereocenters. The summed E-state index contributed by atoms with van der Waals surface area (Å²) in [5.74, 6) is 1.08. The number of halogens is 1. The molecule has 0 aliphatic rings. The molecule has 0 aliphatic heterocycles. The Hall–Kier alpha value is -1.61. The van der Waals surface area contributed by atoms with Crippen molar-refractivity contribution in [3.63, 3.8) is 0 Å². The molecule has 1 heterocycles. The summed E-state index contributed by atoms with van der Waals surface area (Å²) in [6.07, 6.45) is 6.46. The Kier molecular flexibility index (Phi) is 5.50. The number of benzene rings is 2. The quantitative estimate of drug-likeness (QED) is 0.437. The summed E-state index contributed by atoms with van der Waals surface area (Å²) in [4.78, 5) is 4.88. The maximum atomic E-state index is 4.88. The molecule has 0 spiro atoms. The summed E-state index contributed by atoms with van der Waals surface area (Å²) >= 11 is 3.51. The summed E-state index contributed by atoms with van der Waals surface area (Å²) in [6.45, 7) is 3.30. The Morgan fingerprint density at radius 3 is 2.43 bits per heavy atom. The van der Waals surface area contributed by atoms with Gasteiger partial charge in [0.05, 0.1) is 11.0 Å². The van der Waals surface area contributed by atoms with Crippen molar-refractivity contribution in [2.24, 2.45) is 0 Å². The lowest BCUT2D eigenvalue weighted by Gasteiger charge is -2.09. The number of hydrogen-bond donors (Lipinski definition) is 0. The van der Waals surface area contributed by atoms with E-state index in [2.05, 4.69) is 76.0 Å². The monoisotopic (exact) mass is 370 g/mol. The average Bonchev–Trinajstić information content (AvgIpc) is 2.94. The topological polar surface area (TPSA) is 17.8 Å². The van der Waals surface area contributed by atoms with Crippen molar-refractivity contribution in [1.82, 2.24) is 9.55 Å². The minimum atomic E-state index is 1.04. The van der Waals surface area contributed by atoms with Gasteiger partial charge in [-0.3, -0.25) is 0 Å². The van der Waals surface area contributed by atoms with Crippen LogP contribution in [-0.2, 0) is 6.54 Å². The second-order valence-corrected chi connectivity index (χ2v) is 6.91. The number of hydrogen-bond acceptors (Lipinski definition) is 1. The minimum Gasteiger partial charge on any atom is -0.324 e. The van der Waals surface area contributed by atoms with Gasteiger partial charge in [0.25, 0.3) is 0 Å². The molecule has 0 radical (unpaired) electrons. The standard InChI is InChI=1S/C20H23BrN2/c1-2-3-4-5-8-15-23-19-10-7-6-9-18(19)22-20(23)16-11-13-17(21)14-12-16/h6-7,9-14H,2-5,8,15H2,1H3. The van der Waals surface area contributed by atoms with E-state index in [1.54, 1.807) is 0 Å². The summed E-state index contributed by atoms with van der Waals surface area (Å²) in [6, 6.07) is 16.9. The molecule has 23 heavy (non-hydrogen) atoms. The van der Waals surface area contributed by atoms with Crippen LogP contribution in [0.15, 0.2) is 53.0 Å². The van der Waals surface area contributed by atoms with Gasteiger partial charge in [0, 0.05) is 16.6 Å². The molecular formula is C20H23BrN2.